The van der Waals surface area contributed by atoms with Crippen LogP contribution in [-0.2, 0) is 6.54 Å². The number of nitrogens with one attached hydrogen (secondary N) is 1. The second-order valence-electron chi connectivity index (χ2n) is 3.80. The zero-order chi connectivity index (χ0) is 14.5. The minimum atomic E-state index is -2.89. The van der Waals surface area contributed by atoms with E-state index >= 15 is 0 Å². The lowest BCUT2D eigenvalue weighted by Gasteiger charge is -2.12. The maximum Gasteiger partial charge on any atom is 0.387 e. The zero-order valence-electron chi connectivity index (χ0n) is 10.5. The normalized spacial score (nSPS) is 10.7. The second-order valence-corrected chi connectivity index (χ2v) is 5.60. The first-order valence-corrected chi connectivity index (χ1v) is 6.89. The van der Waals surface area contributed by atoms with Crippen molar-refractivity contribution in [2.45, 2.75) is 13.2 Å². The minimum Gasteiger partial charge on any atom is -0.493 e. The lowest BCUT2D eigenvalue weighted by molar-refractivity contribution is -0.0511. The standard InChI is InChI=1S/C13H12ClF2NO2S/c1-18-10-4-2-8(6-11(10)19-13(15)16)17-7-9-3-5-12(14)20-9/h2-6,13,17H,7H2,1H3. The molecule has 1 aromatic carbocycles. The Bertz CT molecular complexity index is 577. The van der Waals surface area contributed by atoms with Crippen LogP contribution in [0.25, 0.3) is 0 Å². The fourth-order valence-electron chi connectivity index (χ4n) is 1.61. The molecular formula is C13H12ClF2NO2S. The van der Waals surface area contributed by atoms with Crippen molar-refractivity contribution >= 4 is 28.6 Å². The third-order valence-corrected chi connectivity index (χ3v) is 3.71. The zero-order valence-corrected chi connectivity index (χ0v) is 12.1. The van der Waals surface area contributed by atoms with Crippen LogP contribution in [0, 0.1) is 0 Å². The first-order chi connectivity index (χ1) is 9.58. The first kappa shape index (κ1) is 14.9. The highest BCUT2D eigenvalue weighted by Gasteiger charge is 2.11. The van der Waals surface area contributed by atoms with Gasteiger partial charge in [0, 0.05) is 23.2 Å². The molecule has 1 N–H and O–H groups in total. The Hall–Kier alpha value is -1.53. The van der Waals surface area contributed by atoms with Crippen LogP contribution in [0.4, 0.5) is 14.5 Å². The molecular weight excluding hydrogens is 308 g/mol. The summed E-state index contributed by atoms with van der Waals surface area (Å²) < 4.78 is 34.7. The van der Waals surface area contributed by atoms with Crippen molar-refractivity contribution in [3.8, 4) is 11.5 Å². The van der Waals surface area contributed by atoms with Crippen molar-refractivity contribution in [3.63, 3.8) is 0 Å². The van der Waals surface area contributed by atoms with Gasteiger partial charge in [-0.05, 0) is 24.3 Å². The fourth-order valence-corrected chi connectivity index (χ4v) is 2.64. The number of rotatable bonds is 6. The van der Waals surface area contributed by atoms with Crippen LogP contribution in [0.15, 0.2) is 30.3 Å². The lowest BCUT2D eigenvalue weighted by Crippen LogP contribution is -2.04. The average Bonchev–Trinajstić information content (AvgIpc) is 2.82. The number of benzene rings is 1. The van der Waals surface area contributed by atoms with Crippen LogP contribution >= 0.6 is 22.9 Å². The van der Waals surface area contributed by atoms with Gasteiger partial charge in [0.2, 0.25) is 0 Å². The molecule has 7 heteroatoms. The summed E-state index contributed by atoms with van der Waals surface area (Å²) in [5.74, 6) is 0.256. The van der Waals surface area contributed by atoms with Crippen molar-refractivity contribution in [1.29, 1.82) is 0 Å². The summed E-state index contributed by atoms with van der Waals surface area (Å²) >= 11 is 7.29. The molecule has 108 valence electrons. The third-order valence-electron chi connectivity index (χ3n) is 2.48. The van der Waals surface area contributed by atoms with Crippen molar-refractivity contribution in [2.75, 3.05) is 12.4 Å². The number of thiophene rings is 1. The number of hydrogen-bond acceptors (Lipinski definition) is 4. The van der Waals surface area contributed by atoms with E-state index in [1.54, 1.807) is 12.1 Å². The molecule has 1 aromatic heterocycles. The third kappa shape index (κ3) is 3.98. The van der Waals surface area contributed by atoms with E-state index in [9.17, 15) is 8.78 Å². The summed E-state index contributed by atoms with van der Waals surface area (Å²) in [5.41, 5.74) is 0.658. The summed E-state index contributed by atoms with van der Waals surface area (Å²) in [5, 5.41) is 3.11. The molecule has 0 bridgehead atoms. The van der Waals surface area contributed by atoms with E-state index in [1.807, 2.05) is 12.1 Å². The Kier molecular flexibility index (Phi) is 5.03. The molecule has 0 amide bonds. The molecule has 0 aliphatic carbocycles. The number of ether oxygens (including phenoxy) is 2. The molecule has 0 atom stereocenters. The Morgan fingerprint density at radius 1 is 1.25 bits per heavy atom. The van der Waals surface area contributed by atoms with Crippen LogP contribution < -0.4 is 14.8 Å². The lowest BCUT2D eigenvalue weighted by atomic mass is 10.2. The van der Waals surface area contributed by atoms with Gasteiger partial charge in [-0.2, -0.15) is 8.78 Å². The van der Waals surface area contributed by atoms with E-state index in [0.29, 0.717) is 16.6 Å². The van der Waals surface area contributed by atoms with Gasteiger partial charge in [-0.25, -0.2) is 0 Å². The minimum absolute atomic E-state index is 0.00304. The molecule has 0 radical (unpaired) electrons. The molecule has 0 unspecified atom stereocenters. The summed E-state index contributed by atoms with van der Waals surface area (Å²) in [6, 6.07) is 8.48. The monoisotopic (exact) mass is 319 g/mol. The van der Waals surface area contributed by atoms with E-state index < -0.39 is 6.61 Å². The predicted octanol–water partition coefficient (Wildman–Crippen LogP) is 4.62. The van der Waals surface area contributed by atoms with Gasteiger partial charge in [0.15, 0.2) is 11.5 Å². The number of anilines is 1. The number of hydrogen-bond donors (Lipinski definition) is 1. The molecule has 2 rings (SSSR count). The maximum atomic E-state index is 12.3. The Morgan fingerprint density at radius 2 is 2.05 bits per heavy atom. The fraction of sp³-hybridized carbons (Fsp3) is 0.231. The van der Waals surface area contributed by atoms with Gasteiger partial charge >= 0.3 is 6.61 Å². The molecule has 0 spiro atoms. The van der Waals surface area contributed by atoms with Gasteiger partial charge in [0.05, 0.1) is 11.4 Å². The van der Waals surface area contributed by atoms with Crippen LogP contribution in [-0.4, -0.2) is 13.7 Å². The molecule has 1 heterocycles. The second kappa shape index (κ2) is 6.76. The highest BCUT2D eigenvalue weighted by atomic mass is 35.5. The Morgan fingerprint density at radius 3 is 2.65 bits per heavy atom. The van der Waals surface area contributed by atoms with Crippen molar-refractivity contribution < 1.29 is 18.3 Å². The van der Waals surface area contributed by atoms with E-state index in [1.165, 1.54) is 24.5 Å². The molecule has 0 saturated carbocycles. The average molecular weight is 320 g/mol. The summed E-state index contributed by atoms with van der Waals surface area (Å²) in [6.07, 6.45) is 0. The van der Waals surface area contributed by atoms with Crippen molar-refractivity contribution in [3.05, 3.63) is 39.5 Å². The van der Waals surface area contributed by atoms with Crippen LogP contribution in [0.3, 0.4) is 0 Å². The van der Waals surface area contributed by atoms with Crippen LogP contribution in [0.1, 0.15) is 4.88 Å². The van der Waals surface area contributed by atoms with Crippen molar-refractivity contribution in [2.24, 2.45) is 0 Å². The predicted molar refractivity (Wildman–Crippen MR) is 76.3 cm³/mol. The largest absolute Gasteiger partial charge is 0.493 e. The highest BCUT2D eigenvalue weighted by molar-refractivity contribution is 7.16. The number of halogens is 3. The van der Waals surface area contributed by atoms with E-state index in [4.69, 9.17) is 16.3 Å². The summed E-state index contributed by atoms with van der Waals surface area (Å²) in [6.45, 7) is -2.34. The van der Waals surface area contributed by atoms with Gasteiger partial charge in [0.1, 0.15) is 0 Å². The van der Waals surface area contributed by atoms with Gasteiger partial charge < -0.3 is 14.8 Å². The first-order valence-electron chi connectivity index (χ1n) is 5.69. The molecule has 2 aromatic rings. The highest BCUT2D eigenvalue weighted by Crippen LogP contribution is 2.32. The smallest absolute Gasteiger partial charge is 0.387 e. The quantitative estimate of drug-likeness (QED) is 0.842. The summed E-state index contributed by atoms with van der Waals surface area (Å²) in [4.78, 5) is 1.04. The van der Waals surface area contributed by atoms with Crippen LogP contribution in [0.2, 0.25) is 4.34 Å². The molecule has 0 saturated heterocycles. The summed E-state index contributed by atoms with van der Waals surface area (Å²) in [7, 11) is 1.40. The molecule has 0 aliphatic heterocycles. The molecule has 20 heavy (non-hydrogen) atoms. The maximum absolute atomic E-state index is 12.3. The van der Waals surface area contributed by atoms with Gasteiger partial charge in [-0.1, -0.05) is 11.6 Å². The molecule has 0 aliphatic rings. The number of alkyl halides is 2. The van der Waals surface area contributed by atoms with E-state index in [0.717, 1.165) is 4.88 Å². The topological polar surface area (TPSA) is 30.5 Å². The Labute approximate surface area is 124 Å². The van der Waals surface area contributed by atoms with E-state index in [2.05, 4.69) is 10.1 Å². The SMILES string of the molecule is COc1ccc(NCc2ccc(Cl)s2)cc1OC(F)F. The number of methoxy groups -OCH3 is 1. The van der Waals surface area contributed by atoms with Gasteiger partial charge in [-0.15, -0.1) is 11.3 Å². The molecule has 0 fully saturated rings. The Balaban J connectivity index is 2.07. The molecule has 3 nitrogen and oxygen atoms in total. The van der Waals surface area contributed by atoms with Gasteiger partial charge in [-0.3, -0.25) is 0 Å². The van der Waals surface area contributed by atoms with Crippen molar-refractivity contribution in [1.82, 2.24) is 0 Å². The van der Waals surface area contributed by atoms with Gasteiger partial charge in [0.25, 0.3) is 0 Å². The van der Waals surface area contributed by atoms with E-state index in [-0.39, 0.29) is 11.5 Å². The van der Waals surface area contributed by atoms with Crippen LogP contribution in [0.5, 0.6) is 11.5 Å².